The largest absolute Gasteiger partial charge is 0.165 e. The minimum absolute atomic E-state index is 0.919. The molecule has 2 unspecified atom stereocenters. The zero-order valence-corrected chi connectivity index (χ0v) is 14.2. The lowest BCUT2D eigenvalue weighted by atomic mass is 9.86. The Morgan fingerprint density at radius 3 is 1.94 bits per heavy atom. The smallest absolute Gasteiger partial charge is 0.00419 e. The first kappa shape index (κ1) is 18.4. The molecule has 110 valence electrons. The molecule has 0 aromatic carbocycles. The Hall–Kier alpha value is 0.350. The lowest BCUT2D eigenvalue weighted by molar-refractivity contribution is 0.320. The van der Waals surface area contributed by atoms with Crippen molar-refractivity contribution in [3.05, 3.63) is 0 Å². The summed E-state index contributed by atoms with van der Waals surface area (Å²) < 4.78 is 0. The Bertz CT molecular complexity index is 156. The molecule has 0 aliphatic rings. The van der Waals surface area contributed by atoms with Crippen molar-refractivity contribution in [2.75, 3.05) is 12.0 Å². The highest BCUT2D eigenvalue weighted by Gasteiger charge is 2.15. The van der Waals surface area contributed by atoms with Gasteiger partial charge in [-0.3, -0.25) is 0 Å². The second kappa shape index (κ2) is 13.8. The van der Waals surface area contributed by atoms with Crippen molar-refractivity contribution >= 4 is 11.8 Å². The number of hydrogen-bond donors (Lipinski definition) is 0. The third-order valence-electron chi connectivity index (χ3n) is 4.09. The van der Waals surface area contributed by atoms with Crippen LogP contribution in [0, 0.1) is 11.8 Å². The van der Waals surface area contributed by atoms with Gasteiger partial charge in [-0.15, -0.1) is 0 Å². The first-order valence-electron chi connectivity index (χ1n) is 8.25. The minimum atomic E-state index is 0.919. The van der Waals surface area contributed by atoms with Crippen LogP contribution in [0.15, 0.2) is 0 Å². The molecule has 0 amide bonds. The molecule has 0 N–H and O–H groups in total. The maximum Gasteiger partial charge on any atom is -0.00419 e. The number of thioether (sulfide) groups is 1. The molecule has 0 saturated carbocycles. The van der Waals surface area contributed by atoms with E-state index < -0.39 is 0 Å². The molecule has 0 nitrogen and oxygen atoms in total. The van der Waals surface area contributed by atoms with E-state index in [0.717, 1.165) is 11.8 Å². The van der Waals surface area contributed by atoms with E-state index in [2.05, 4.69) is 27.0 Å². The van der Waals surface area contributed by atoms with Crippen LogP contribution in [-0.2, 0) is 0 Å². The van der Waals surface area contributed by atoms with E-state index in [0.29, 0.717) is 0 Å². The van der Waals surface area contributed by atoms with Crippen LogP contribution in [0.5, 0.6) is 0 Å². The van der Waals surface area contributed by atoms with Crippen molar-refractivity contribution in [3.63, 3.8) is 0 Å². The highest BCUT2D eigenvalue weighted by atomic mass is 32.2. The van der Waals surface area contributed by atoms with Crippen LogP contribution in [0.3, 0.4) is 0 Å². The first-order valence-corrected chi connectivity index (χ1v) is 9.64. The van der Waals surface area contributed by atoms with E-state index in [1.807, 2.05) is 11.8 Å². The summed E-state index contributed by atoms with van der Waals surface area (Å²) in [4.78, 5) is 0. The van der Waals surface area contributed by atoms with Gasteiger partial charge >= 0.3 is 0 Å². The summed E-state index contributed by atoms with van der Waals surface area (Å²) in [5, 5.41) is 0. The molecule has 0 aliphatic carbocycles. The number of hydrogen-bond acceptors (Lipinski definition) is 1. The normalized spacial score (nSPS) is 14.7. The summed E-state index contributed by atoms with van der Waals surface area (Å²) in [6.45, 7) is 7.08. The summed E-state index contributed by atoms with van der Waals surface area (Å²) in [5.41, 5.74) is 0. The SMILES string of the molecule is CCCCCCCCC(CCCC)C(C)CSC. The van der Waals surface area contributed by atoms with Gasteiger partial charge in [0, 0.05) is 0 Å². The molecule has 0 heterocycles. The molecule has 0 rings (SSSR count). The summed E-state index contributed by atoms with van der Waals surface area (Å²) in [7, 11) is 0. The minimum Gasteiger partial charge on any atom is -0.165 e. The monoisotopic (exact) mass is 272 g/mol. The van der Waals surface area contributed by atoms with Gasteiger partial charge in [-0.25, -0.2) is 0 Å². The van der Waals surface area contributed by atoms with Gasteiger partial charge in [-0.1, -0.05) is 85.0 Å². The fourth-order valence-corrected chi connectivity index (χ4v) is 3.56. The standard InChI is InChI=1S/C17H36S/c1-5-7-9-10-11-12-14-17(13-8-6-2)16(3)15-18-4/h16-17H,5-15H2,1-4H3. The van der Waals surface area contributed by atoms with E-state index in [1.165, 1.54) is 70.0 Å². The maximum absolute atomic E-state index is 2.47. The van der Waals surface area contributed by atoms with Gasteiger partial charge in [0.25, 0.3) is 0 Å². The lowest BCUT2D eigenvalue weighted by Crippen LogP contribution is -2.14. The Labute approximate surface area is 121 Å². The molecule has 0 spiro atoms. The molecular formula is C17H36S. The van der Waals surface area contributed by atoms with Crippen LogP contribution in [-0.4, -0.2) is 12.0 Å². The summed E-state index contributed by atoms with van der Waals surface area (Å²) >= 11 is 2.02. The Morgan fingerprint density at radius 1 is 0.778 bits per heavy atom. The topological polar surface area (TPSA) is 0 Å². The summed E-state index contributed by atoms with van der Waals surface area (Å²) in [5.74, 6) is 3.26. The fraction of sp³-hybridized carbons (Fsp3) is 1.00. The predicted molar refractivity (Wildman–Crippen MR) is 88.6 cm³/mol. The molecule has 0 aliphatic heterocycles. The molecule has 1 heteroatoms. The molecule has 0 radical (unpaired) electrons. The fourth-order valence-electron chi connectivity index (χ4n) is 2.77. The van der Waals surface area contributed by atoms with Gasteiger partial charge in [0.1, 0.15) is 0 Å². The number of unbranched alkanes of at least 4 members (excludes halogenated alkanes) is 6. The molecule has 0 aromatic heterocycles. The zero-order valence-electron chi connectivity index (χ0n) is 13.3. The highest BCUT2D eigenvalue weighted by Crippen LogP contribution is 2.27. The third-order valence-corrected chi connectivity index (χ3v) is 4.95. The Morgan fingerprint density at radius 2 is 1.33 bits per heavy atom. The van der Waals surface area contributed by atoms with Crippen molar-refractivity contribution < 1.29 is 0 Å². The van der Waals surface area contributed by atoms with Crippen LogP contribution in [0.1, 0.15) is 85.0 Å². The summed E-state index contributed by atoms with van der Waals surface area (Å²) in [6, 6.07) is 0. The summed E-state index contributed by atoms with van der Waals surface area (Å²) in [6.07, 6.45) is 16.6. The zero-order chi connectivity index (χ0) is 13.6. The average molecular weight is 273 g/mol. The Kier molecular flexibility index (Phi) is 14.0. The van der Waals surface area contributed by atoms with Crippen LogP contribution >= 0.6 is 11.8 Å². The van der Waals surface area contributed by atoms with E-state index in [4.69, 9.17) is 0 Å². The molecule has 0 aromatic rings. The van der Waals surface area contributed by atoms with E-state index in [1.54, 1.807) is 0 Å². The molecule has 18 heavy (non-hydrogen) atoms. The lowest BCUT2D eigenvalue weighted by Gasteiger charge is -2.23. The van der Waals surface area contributed by atoms with Crippen LogP contribution < -0.4 is 0 Å². The second-order valence-corrected chi connectivity index (χ2v) is 6.80. The van der Waals surface area contributed by atoms with Crippen LogP contribution in [0.4, 0.5) is 0 Å². The van der Waals surface area contributed by atoms with Crippen LogP contribution in [0.25, 0.3) is 0 Å². The third kappa shape index (κ3) is 10.3. The van der Waals surface area contributed by atoms with Crippen molar-refractivity contribution in [2.24, 2.45) is 11.8 Å². The molecule has 2 atom stereocenters. The molecule has 0 saturated heterocycles. The van der Waals surface area contributed by atoms with Gasteiger partial charge in [0.2, 0.25) is 0 Å². The van der Waals surface area contributed by atoms with Crippen molar-refractivity contribution in [2.45, 2.75) is 85.0 Å². The highest BCUT2D eigenvalue weighted by molar-refractivity contribution is 7.98. The van der Waals surface area contributed by atoms with E-state index >= 15 is 0 Å². The number of rotatable bonds is 13. The van der Waals surface area contributed by atoms with E-state index in [9.17, 15) is 0 Å². The van der Waals surface area contributed by atoms with Gasteiger partial charge in [0.15, 0.2) is 0 Å². The van der Waals surface area contributed by atoms with E-state index in [-0.39, 0.29) is 0 Å². The quantitative estimate of drug-likeness (QED) is 0.343. The molecular weight excluding hydrogens is 236 g/mol. The average Bonchev–Trinajstić information content (AvgIpc) is 2.37. The second-order valence-electron chi connectivity index (χ2n) is 5.89. The Balaban J connectivity index is 3.71. The van der Waals surface area contributed by atoms with Crippen LogP contribution in [0.2, 0.25) is 0 Å². The van der Waals surface area contributed by atoms with Gasteiger partial charge in [-0.2, -0.15) is 11.8 Å². The van der Waals surface area contributed by atoms with Gasteiger partial charge in [0.05, 0.1) is 0 Å². The van der Waals surface area contributed by atoms with Crippen molar-refractivity contribution in [1.82, 2.24) is 0 Å². The van der Waals surface area contributed by atoms with Gasteiger partial charge in [-0.05, 0) is 23.8 Å². The van der Waals surface area contributed by atoms with Crippen molar-refractivity contribution in [1.29, 1.82) is 0 Å². The molecule has 0 bridgehead atoms. The maximum atomic E-state index is 2.47. The van der Waals surface area contributed by atoms with Crippen molar-refractivity contribution in [3.8, 4) is 0 Å². The predicted octanol–water partition coefficient (Wildman–Crippen LogP) is 6.54. The first-order chi connectivity index (χ1) is 8.76. The van der Waals surface area contributed by atoms with Gasteiger partial charge < -0.3 is 0 Å². The molecule has 0 fully saturated rings.